The Labute approximate surface area is 169 Å². The minimum Gasteiger partial charge on any atom is -0.497 e. The smallest absolute Gasteiger partial charge is 0.194 e. The zero-order chi connectivity index (χ0) is 19.3. The summed E-state index contributed by atoms with van der Waals surface area (Å²) in [4.78, 5) is 12.6. The van der Waals surface area contributed by atoms with E-state index < -0.39 is 0 Å². The number of hydrogen-bond acceptors (Lipinski definition) is 4. The molecule has 3 fully saturated rings. The van der Waals surface area contributed by atoms with E-state index in [1.807, 2.05) is 6.07 Å². The number of piperazine rings is 1. The van der Waals surface area contributed by atoms with Gasteiger partial charge < -0.3 is 24.8 Å². The Morgan fingerprint density at radius 1 is 1.14 bits per heavy atom. The average molecular weight is 386 g/mol. The van der Waals surface area contributed by atoms with Crippen LogP contribution in [0.25, 0.3) is 0 Å². The zero-order valence-corrected chi connectivity index (χ0v) is 17.4. The Hall–Kier alpha value is -1.95. The molecule has 1 unspecified atom stereocenters. The summed E-state index contributed by atoms with van der Waals surface area (Å²) in [6.45, 7) is 10.6. The van der Waals surface area contributed by atoms with Gasteiger partial charge in [0.05, 0.1) is 7.11 Å². The Bertz CT molecular complexity index is 667. The molecule has 4 rings (SSSR count). The lowest BCUT2D eigenvalue weighted by Gasteiger charge is -2.38. The van der Waals surface area contributed by atoms with E-state index >= 15 is 0 Å². The van der Waals surface area contributed by atoms with E-state index in [9.17, 15) is 0 Å². The number of anilines is 1. The summed E-state index contributed by atoms with van der Waals surface area (Å²) in [5, 5.41) is 3.52. The van der Waals surface area contributed by atoms with Crippen molar-refractivity contribution in [1.82, 2.24) is 15.1 Å². The molecular formula is C22H35N5O. The molecule has 1 aliphatic carbocycles. The number of rotatable bonds is 6. The molecule has 28 heavy (non-hydrogen) atoms. The molecule has 154 valence electrons. The Morgan fingerprint density at radius 2 is 1.96 bits per heavy atom. The van der Waals surface area contributed by atoms with Gasteiger partial charge in [0, 0.05) is 63.6 Å². The van der Waals surface area contributed by atoms with Crippen molar-refractivity contribution in [3.05, 3.63) is 24.3 Å². The van der Waals surface area contributed by atoms with Gasteiger partial charge in [-0.05, 0) is 50.8 Å². The average Bonchev–Trinajstić information content (AvgIpc) is 3.49. The zero-order valence-electron chi connectivity index (χ0n) is 17.4. The number of nitrogens with one attached hydrogen (secondary N) is 1. The fourth-order valence-electron chi connectivity index (χ4n) is 4.41. The van der Waals surface area contributed by atoms with E-state index in [1.165, 1.54) is 38.0 Å². The molecule has 0 bridgehead atoms. The molecule has 0 amide bonds. The fourth-order valence-corrected chi connectivity index (χ4v) is 4.41. The monoisotopic (exact) mass is 385 g/mol. The largest absolute Gasteiger partial charge is 0.497 e. The van der Waals surface area contributed by atoms with E-state index in [0.717, 1.165) is 62.9 Å². The van der Waals surface area contributed by atoms with E-state index in [-0.39, 0.29) is 0 Å². The van der Waals surface area contributed by atoms with Gasteiger partial charge in [-0.15, -0.1) is 0 Å². The Morgan fingerprint density at radius 3 is 2.68 bits per heavy atom. The number of nitrogens with zero attached hydrogens (tertiary/aromatic N) is 4. The van der Waals surface area contributed by atoms with Crippen molar-refractivity contribution in [2.45, 2.75) is 32.2 Å². The molecule has 2 saturated heterocycles. The quantitative estimate of drug-likeness (QED) is 0.601. The van der Waals surface area contributed by atoms with Crippen molar-refractivity contribution < 1.29 is 4.74 Å². The van der Waals surface area contributed by atoms with Crippen LogP contribution >= 0.6 is 0 Å². The van der Waals surface area contributed by atoms with Crippen molar-refractivity contribution in [3.63, 3.8) is 0 Å². The molecule has 1 aromatic rings. The molecule has 1 N–H and O–H groups in total. The van der Waals surface area contributed by atoms with Gasteiger partial charge in [-0.2, -0.15) is 0 Å². The number of benzene rings is 1. The second-order valence-corrected chi connectivity index (χ2v) is 8.25. The highest BCUT2D eigenvalue weighted by Crippen LogP contribution is 2.31. The van der Waals surface area contributed by atoms with Gasteiger partial charge in [0.25, 0.3) is 0 Å². The lowest BCUT2D eigenvalue weighted by atomic mass is 10.1. The molecule has 2 aliphatic heterocycles. The van der Waals surface area contributed by atoms with E-state index in [2.05, 4.69) is 45.1 Å². The minimum atomic E-state index is 0.729. The van der Waals surface area contributed by atoms with Crippen LogP contribution in [0.3, 0.4) is 0 Å². The molecule has 2 heterocycles. The van der Waals surface area contributed by atoms with Gasteiger partial charge >= 0.3 is 0 Å². The van der Waals surface area contributed by atoms with Crippen molar-refractivity contribution in [2.75, 3.05) is 64.4 Å². The first kappa shape index (κ1) is 19.4. The van der Waals surface area contributed by atoms with Gasteiger partial charge in [-0.3, -0.25) is 4.99 Å². The first-order valence-electron chi connectivity index (χ1n) is 10.9. The third kappa shape index (κ3) is 4.72. The predicted molar refractivity (Wildman–Crippen MR) is 115 cm³/mol. The summed E-state index contributed by atoms with van der Waals surface area (Å²) >= 11 is 0. The number of guanidine groups is 1. The molecule has 0 aromatic heterocycles. The Kier molecular flexibility index (Phi) is 6.25. The van der Waals surface area contributed by atoms with Gasteiger partial charge in [0.2, 0.25) is 0 Å². The van der Waals surface area contributed by atoms with Crippen LogP contribution in [0.2, 0.25) is 0 Å². The lowest BCUT2D eigenvalue weighted by Crippen LogP contribution is -2.52. The van der Waals surface area contributed by atoms with E-state index in [4.69, 9.17) is 9.73 Å². The number of hydrogen-bond donors (Lipinski definition) is 1. The second-order valence-electron chi connectivity index (χ2n) is 8.25. The molecular weight excluding hydrogens is 350 g/mol. The van der Waals surface area contributed by atoms with Crippen molar-refractivity contribution >= 4 is 11.6 Å². The molecule has 1 aromatic carbocycles. The first-order valence-corrected chi connectivity index (χ1v) is 10.9. The van der Waals surface area contributed by atoms with Gasteiger partial charge in [0.15, 0.2) is 5.96 Å². The summed E-state index contributed by atoms with van der Waals surface area (Å²) in [7, 11) is 1.73. The molecule has 1 atom stereocenters. The van der Waals surface area contributed by atoms with Crippen LogP contribution in [0.5, 0.6) is 5.75 Å². The normalized spacial score (nSPS) is 23.9. The Balaban J connectivity index is 1.31. The number of aliphatic imine (C=N–C) groups is 1. The van der Waals surface area contributed by atoms with Crippen LogP contribution in [0, 0.1) is 5.92 Å². The van der Waals surface area contributed by atoms with Crippen LogP contribution in [0.4, 0.5) is 5.69 Å². The van der Waals surface area contributed by atoms with Gasteiger partial charge in [-0.25, -0.2) is 0 Å². The maximum atomic E-state index is 5.37. The standard InChI is InChI=1S/C22H35N5O/c1-3-23-22(24-16-18-9-10-27(17-18)19-7-8-19)26-13-11-25(12-14-26)20-5-4-6-21(15-20)28-2/h4-6,15,18-19H,3,7-14,16-17H2,1-2H3,(H,23,24). The third-order valence-corrected chi connectivity index (χ3v) is 6.21. The summed E-state index contributed by atoms with van der Waals surface area (Å²) in [5.74, 6) is 2.75. The fraction of sp³-hybridized carbons (Fsp3) is 0.682. The molecule has 1 saturated carbocycles. The summed E-state index contributed by atoms with van der Waals surface area (Å²) < 4.78 is 5.37. The highest BCUT2D eigenvalue weighted by molar-refractivity contribution is 5.80. The predicted octanol–water partition coefficient (Wildman–Crippen LogP) is 2.27. The molecule has 6 heteroatoms. The number of ether oxygens (including phenoxy) is 1. The molecule has 3 aliphatic rings. The number of methoxy groups -OCH3 is 1. The molecule has 0 radical (unpaired) electrons. The highest BCUT2D eigenvalue weighted by Gasteiger charge is 2.34. The third-order valence-electron chi connectivity index (χ3n) is 6.21. The molecule has 0 spiro atoms. The first-order chi connectivity index (χ1) is 13.8. The van der Waals surface area contributed by atoms with Crippen molar-refractivity contribution in [3.8, 4) is 5.75 Å². The maximum Gasteiger partial charge on any atom is 0.194 e. The topological polar surface area (TPSA) is 43.3 Å². The highest BCUT2D eigenvalue weighted by atomic mass is 16.5. The minimum absolute atomic E-state index is 0.729. The summed E-state index contributed by atoms with van der Waals surface area (Å²) in [6.07, 6.45) is 4.13. The van der Waals surface area contributed by atoms with E-state index in [0.29, 0.717) is 0 Å². The van der Waals surface area contributed by atoms with Crippen LogP contribution in [-0.4, -0.2) is 81.3 Å². The van der Waals surface area contributed by atoms with Gasteiger partial charge in [-0.1, -0.05) is 6.07 Å². The summed E-state index contributed by atoms with van der Waals surface area (Å²) in [5.41, 5.74) is 1.24. The van der Waals surface area contributed by atoms with Crippen molar-refractivity contribution in [1.29, 1.82) is 0 Å². The number of likely N-dealkylation sites (tertiary alicyclic amines) is 1. The van der Waals surface area contributed by atoms with Crippen LogP contribution in [0.1, 0.15) is 26.2 Å². The maximum absolute atomic E-state index is 5.37. The summed E-state index contributed by atoms with van der Waals surface area (Å²) in [6, 6.07) is 9.26. The van der Waals surface area contributed by atoms with E-state index in [1.54, 1.807) is 7.11 Å². The van der Waals surface area contributed by atoms with Crippen LogP contribution in [0.15, 0.2) is 29.3 Å². The lowest BCUT2D eigenvalue weighted by molar-refractivity contribution is 0.315. The molecule has 6 nitrogen and oxygen atoms in total. The van der Waals surface area contributed by atoms with Crippen molar-refractivity contribution in [2.24, 2.45) is 10.9 Å². The van der Waals surface area contributed by atoms with Crippen LogP contribution in [-0.2, 0) is 0 Å². The SMILES string of the molecule is CCNC(=NCC1CCN(C2CC2)C1)N1CCN(c2cccc(OC)c2)CC1. The van der Waals surface area contributed by atoms with Crippen LogP contribution < -0.4 is 15.0 Å². The van der Waals surface area contributed by atoms with Gasteiger partial charge in [0.1, 0.15) is 5.75 Å². The second kappa shape index (κ2) is 9.03.